The van der Waals surface area contributed by atoms with Crippen molar-refractivity contribution >= 4 is 30.0 Å². The summed E-state index contributed by atoms with van der Waals surface area (Å²) in [6.45, 7) is 12.2. The Morgan fingerprint density at radius 1 is 1.42 bits per heavy atom. The summed E-state index contributed by atoms with van der Waals surface area (Å²) in [5, 5.41) is 4.52. The monoisotopic (exact) mass is 347 g/mol. The van der Waals surface area contributed by atoms with E-state index in [1.54, 1.807) is 4.68 Å². The third kappa shape index (κ3) is 3.89. The zero-order valence-electron chi connectivity index (χ0n) is 12.5. The van der Waals surface area contributed by atoms with Crippen LogP contribution in [0.4, 0.5) is 0 Å². The Bertz CT molecular complexity index is 466. The van der Waals surface area contributed by atoms with E-state index in [2.05, 4.69) is 59.9 Å². The van der Waals surface area contributed by atoms with E-state index in [4.69, 9.17) is 4.74 Å². The zero-order valence-corrected chi connectivity index (χ0v) is 15.0. The second kappa shape index (κ2) is 5.74. The average molecular weight is 348 g/mol. The molecule has 0 fully saturated rings. The number of esters is 1. The summed E-state index contributed by atoms with van der Waals surface area (Å²) in [4.78, 5) is 15.7. The predicted molar refractivity (Wildman–Crippen MR) is 81.1 cm³/mol. The van der Waals surface area contributed by atoms with Gasteiger partial charge in [-0.05, 0) is 27.0 Å². The summed E-state index contributed by atoms with van der Waals surface area (Å²) in [6, 6.07) is 1.04. The Kier molecular flexibility index (Phi) is 4.95. The molecular weight excluding hydrogens is 326 g/mol. The predicted octanol–water partition coefficient (Wildman–Crippen LogP) is 3.34. The highest BCUT2D eigenvalue weighted by molar-refractivity contribution is 9.10. The van der Waals surface area contributed by atoms with Crippen LogP contribution in [-0.2, 0) is 11.3 Å². The molecule has 0 radical (unpaired) electrons. The van der Waals surface area contributed by atoms with Crippen molar-refractivity contribution < 1.29 is 9.53 Å². The van der Waals surface area contributed by atoms with Crippen molar-refractivity contribution in [2.45, 2.75) is 51.5 Å². The van der Waals surface area contributed by atoms with Crippen LogP contribution in [0.3, 0.4) is 0 Å². The van der Waals surface area contributed by atoms with E-state index in [-0.39, 0.29) is 5.82 Å². The molecule has 0 N–H and O–H groups in total. The summed E-state index contributed by atoms with van der Waals surface area (Å²) in [5.74, 6) is -0.193. The molecule has 0 amide bonds. The highest BCUT2D eigenvalue weighted by Crippen LogP contribution is 2.38. The van der Waals surface area contributed by atoms with E-state index >= 15 is 0 Å². The van der Waals surface area contributed by atoms with Crippen LogP contribution in [-0.4, -0.2) is 35.9 Å². The van der Waals surface area contributed by atoms with Crippen molar-refractivity contribution in [2.24, 2.45) is 0 Å². The minimum absolute atomic E-state index is 0.257. The topological polar surface area (TPSA) is 57.0 Å². The first-order chi connectivity index (χ1) is 8.58. The molecular formula is C12H22BrN3O2Si. The van der Waals surface area contributed by atoms with E-state index in [1.807, 2.05) is 0 Å². The third-order valence-corrected chi connectivity index (χ3v) is 9.86. The van der Waals surface area contributed by atoms with Crippen LogP contribution >= 0.6 is 15.9 Å². The van der Waals surface area contributed by atoms with Gasteiger partial charge in [0.2, 0.25) is 10.6 Å². The molecule has 0 aliphatic heterocycles. The van der Waals surface area contributed by atoms with Crippen LogP contribution in [0.2, 0.25) is 24.2 Å². The van der Waals surface area contributed by atoms with Gasteiger partial charge < -0.3 is 4.74 Å². The summed E-state index contributed by atoms with van der Waals surface area (Å²) in [6.07, 6.45) is 0. The van der Waals surface area contributed by atoms with Crippen molar-refractivity contribution in [1.29, 1.82) is 0 Å². The zero-order chi connectivity index (χ0) is 14.8. The van der Waals surface area contributed by atoms with Crippen LogP contribution in [0, 0.1) is 0 Å². The Balaban J connectivity index is 2.87. The van der Waals surface area contributed by atoms with Crippen LogP contribution in [0.15, 0.2) is 4.73 Å². The molecule has 0 bridgehead atoms. The van der Waals surface area contributed by atoms with Crippen LogP contribution < -0.4 is 0 Å². The molecule has 5 nitrogen and oxygen atoms in total. The molecule has 0 aliphatic rings. The quantitative estimate of drug-likeness (QED) is 0.619. The molecule has 0 aliphatic carbocycles. The molecule has 1 aromatic rings. The van der Waals surface area contributed by atoms with Gasteiger partial charge in [0.15, 0.2) is 0 Å². The van der Waals surface area contributed by atoms with Gasteiger partial charge in [-0.25, -0.2) is 9.48 Å². The summed E-state index contributed by atoms with van der Waals surface area (Å²) < 4.78 is 6.77. The van der Waals surface area contributed by atoms with Crippen molar-refractivity contribution in [2.75, 3.05) is 7.11 Å². The molecule has 0 saturated carbocycles. The number of aryl methyl sites for hydroxylation is 1. The summed E-state index contributed by atoms with van der Waals surface area (Å²) >= 11 is 3.20. The summed E-state index contributed by atoms with van der Waals surface area (Å²) in [7, 11) is -0.0521. The smallest absolute Gasteiger partial charge is 0.375 e. The fraction of sp³-hybridized carbons (Fsp3) is 0.750. The molecule has 0 unspecified atom stereocenters. The molecule has 1 rings (SSSR count). The van der Waals surface area contributed by atoms with E-state index in [1.165, 1.54) is 7.11 Å². The molecule has 19 heavy (non-hydrogen) atoms. The lowest BCUT2D eigenvalue weighted by Gasteiger charge is -2.37. The number of hydrogen-bond donors (Lipinski definition) is 0. The van der Waals surface area contributed by atoms with Gasteiger partial charge in [0.05, 0.1) is 15.2 Å². The Hall–Kier alpha value is -0.693. The van der Waals surface area contributed by atoms with E-state index < -0.39 is 14.0 Å². The minimum atomic E-state index is -1.40. The Morgan fingerprint density at radius 3 is 2.47 bits per heavy atom. The highest BCUT2D eigenvalue weighted by atomic mass is 79.9. The second-order valence-corrected chi connectivity index (χ2v) is 12.8. The van der Waals surface area contributed by atoms with Crippen LogP contribution in [0.1, 0.15) is 31.4 Å². The van der Waals surface area contributed by atoms with Gasteiger partial charge >= 0.3 is 5.97 Å². The normalized spacial score (nSPS) is 12.6. The second-order valence-electron chi connectivity index (χ2n) is 6.30. The molecule has 1 aromatic heterocycles. The summed E-state index contributed by atoms with van der Waals surface area (Å²) in [5.41, 5.74) is 0. The van der Waals surface area contributed by atoms with E-state index in [0.29, 0.717) is 16.3 Å². The number of aromatic nitrogens is 3. The van der Waals surface area contributed by atoms with Gasteiger partial charge in [0.25, 0.3) is 0 Å². The lowest BCUT2D eigenvalue weighted by atomic mass is 10.2. The Morgan fingerprint density at radius 2 is 2.00 bits per heavy atom. The van der Waals surface area contributed by atoms with E-state index in [9.17, 15) is 4.79 Å². The van der Waals surface area contributed by atoms with Crippen molar-refractivity contribution in [3.05, 3.63) is 10.6 Å². The number of carbonyl (C=O) groups excluding carboxylic acids is 1. The van der Waals surface area contributed by atoms with Gasteiger partial charge in [-0.2, -0.15) is 4.98 Å². The average Bonchev–Trinajstić information content (AvgIpc) is 2.65. The standard InChI is InChI=1S/C12H22BrN3O2Si/c1-12(2,3)19(5,6)8-7-16-9(10(17)18-4)14-11(13)15-16/h7-8H2,1-6H3. The molecule has 0 saturated heterocycles. The largest absolute Gasteiger partial charge is 0.463 e. The van der Waals surface area contributed by atoms with Gasteiger partial charge in [-0.3, -0.25) is 0 Å². The maximum atomic E-state index is 11.6. The number of ether oxygens (including phenoxy) is 1. The maximum absolute atomic E-state index is 11.6. The fourth-order valence-electron chi connectivity index (χ4n) is 1.47. The first kappa shape index (κ1) is 16.4. The first-order valence-corrected chi connectivity index (χ1v) is 10.3. The third-order valence-electron chi connectivity index (χ3n) is 3.99. The van der Waals surface area contributed by atoms with Gasteiger partial charge in [-0.1, -0.05) is 33.9 Å². The van der Waals surface area contributed by atoms with Gasteiger partial charge in [-0.15, -0.1) is 5.10 Å². The molecule has 1 heterocycles. The molecule has 108 valence electrons. The molecule has 7 heteroatoms. The molecule has 0 spiro atoms. The number of methoxy groups -OCH3 is 1. The van der Waals surface area contributed by atoms with Crippen LogP contribution in [0.5, 0.6) is 0 Å². The van der Waals surface area contributed by atoms with Crippen molar-refractivity contribution in [1.82, 2.24) is 14.8 Å². The molecule has 0 aromatic carbocycles. The first-order valence-electron chi connectivity index (χ1n) is 6.27. The minimum Gasteiger partial charge on any atom is -0.463 e. The maximum Gasteiger partial charge on any atom is 0.375 e. The lowest BCUT2D eigenvalue weighted by molar-refractivity contribution is 0.0579. The van der Waals surface area contributed by atoms with Gasteiger partial charge in [0, 0.05) is 6.54 Å². The number of halogens is 1. The molecule has 0 atom stereocenters. The lowest BCUT2D eigenvalue weighted by Crippen LogP contribution is -2.38. The van der Waals surface area contributed by atoms with Crippen LogP contribution in [0.25, 0.3) is 0 Å². The number of nitrogens with zero attached hydrogens (tertiary/aromatic N) is 3. The number of carbonyl (C=O) groups is 1. The number of hydrogen-bond acceptors (Lipinski definition) is 4. The SMILES string of the molecule is COC(=O)c1nc(Br)nn1CC[Si](C)(C)C(C)(C)C. The van der Waals surface area contributed by atoms with Crippen molar-refractivity contribution in [3.63, 3.8) is 0 Å². The van der Waals surface area contributed by atoms with Gasteiger partial charge in [0.1, 0.15) is 0 Å². The fourth-order valence-corrected chi connectivity index (χ4v) is 3.35. The van der Waals surface area contributed by atoms with E-state index in [0.717, 1.165) is 6.04 Å². The Labute approximate surface area is 123 Å². The number of rotatable bonds is 4. The highest BCUT2D eigenvalue weighted by Gasteiger charge is 2.35. The van der Waals surface area contributed by atoms with Crippen molar-refractivity contribution in [3.8, 4) is 0 Å².